The van der Waals surface area contributed by atoms with Gasteiger partial charge in [0.1, 0.15) is 0 Å². The normalized spacial score (nSPS) is 10.9. The Morgan fingerprint density at radius 3 is 2.61 bits per heavy atom. The highest BCUT2D eigenvalue weighted by Gasteiger charge is 2.01. The number of carbonyl (C=O) groups is 1. The van der Waals surface area contributed by atoms with Gasteiger partial charge in [0, 0.05) is 20.1 Å². The molecule has 5 nitrogen and oxygen atoms in total. The van der Waals surface area contributed by atoms with Gasteiger partial charge in [0.2, 0.25) is 0 Å². The van der Waals surface area contributed by atoms with Crippen LogP contribution in [0, 0.1) is 0 Å². The third kappa shape index (κ3) is 5.34. The summed E-state index contributed by atoms with van der Waals surface area (Å²) in [5, 5.41) is 6.21. The molecule has 0 unspecified atom stereocenters. The number of carbonyl (C=O) groups excluding carboxylic acids is 1. The number of esters is 1. The van der Waals surface area contributed by atoms with E-state index in [2.05, 4.69) is 20.4 Å². The van der Waals surface area contributed by atoms with Crippen molar-refractivity contribution in [1.82, 2.24) is 10.6 Å². The number of hydrogen-bond donors (Lipinski definition) is 2. The Morgan fingerprint density at radius 1 is 1.28 bits per heavy atom. The van der Waals surface area contributed by atoms with Gasteiger partial charge in [-0.3, -0.25) is 9.79 Å². The Balaban J connectivity index is 2.28. The standard InChI is InChI=1S/C13H19N3O2/c1-14-13(15-9-8-12(17)18-2)16-10-11-6-4-3-5-7-11/h3-7H,8-10H2,1-2H3,(H2,14,15,16). The predicted molar refractivity (Wildman–Crippen MR) is 71.3 cm³/mol. The van der Waals surface area contributed by atoms with Crippen LogP contribution >= 0.6 is 0 Å². The Kier molecular flexibility index (Phi) is 6.32. The Labute approximate surface area is 107 Å². The van der Waals surface area contributed by atoms with Gasteiger partial charge in [0.05, 0.1) is 13.5 Å². The summed E-state index contributed by atoms with van der Waals surface area (Å²) >= 11 is 0. The lowest BCUT2D eigenvalue weighted by molar-refractivity contribution is -0.140. The molecule has 0 aliphatic heterocycles. The number of guanidine groups is 1. The van der Waals surface area contributed by atoms with Gasteiger partial charge < -0.3 is 15.4 Å². The summed E-state index contributed by atoms with van der Waals surface area (Å²) in [7, 11) is 3.07. The Bertz CT molecular complexity index is 390. The lowest BCUT2D eigenvalue weighted by Gasteiger charge is -2.11. The van der Waals surface area contributed by atoms with Crippen molar-refractivity contribution in [3.05, 3.63) is 35.9 Å². The van der Waals surface area contributed by atoms with E-state index in [1.54, 1.807) is 7.05 Å². The number of nitrogens with one attached hydrogen (secondary N) is 2. The van der Waals surface area contributed by atoms with Crippen LogP contribution in [0.5, 0.6) is 0 Å². The van der Waals surface area contributed by atoms with E-state index in [0.29, 0.717) is 25.5 Å². The van der Waals surface area contributed by atoms with E-state index in [1.807, 2.05) is 30.3 Å². The average Bonchev–Trinajstić information content (AvgIpc) is 2.43. The summed E-state index contributed by atoms with van der Waals surface area (Å²) in [5.41, 5.74) is 1.17. The molecule has 1 aromatic carbocycles. The van der Waals surface area contributed by atoms with E-state index in [9.17, 15) is 4.79 Å². The summed E-state index contributed by atoms with van der Waals surface area (Å²) in [5.74, 6) is 0.434. The van der Waals surface area contributed by atoms with Crippen molar-refractivity contribution in [3.63, 3.8) is 0 Å². The van der Waals surface area contributed by atoms with Gasteiger partial charge in [-0.25, -0.2) is 0 Å². The number of benzene rings is 1. The van der Waals surface area contributed by atoms with Crippen molar-refractivity contribution < 1.29 is 9.53 Å². The number of methoxy groups -OCH3 is 1. The molecule has 18 heavy (non-hydrogen) atoms. The summed E-state index contributed by atoms with van der Waals surface area (Å²) in [6, 6.07) is 10.0. The summed E-state index contributed by atoms with van der Waals surface area (Å²) < 4.78 is 4.56. The first kappa shape index (κ1) is 14.0. The molecule has 0 amide bonds. The molecule has 0 aliphatic rings. The lowest BCUT2D eigenvalue weighted by Crippen LogP contribution is -2.37. The quantitative estimate of drug-likeness (QED) is 0.462. The van der Waals surface area contributed by atoms with Crippen LogP contribution in [0.3, 0.4) is 0 Å². The second-order valence-electron chi connectivity index (χ2n) is 3.66. The zero-order valence-electron chi connectivity index (χ0n) is 10.8. The number of ether oxygens (including phenoxy) is 1. The van der Waals surface area contributed by atoms with Crippen molar-refractivity contribution in [2.75, 3.05) is 20.7 Å². The topological polar surface area (TPSA) is 62.7 Å². The van der Waals surface area contributed by atoms with Gasteiger partial charge in [-0.05, 0) is 5.56 Å². The first-order valence-electron chi connectivity index (χ1n) is 5.81. The van der Waals surface area contributed by atoms with Crippen LogP contribution < -0.4 is 10.6 Å². The largest absolute Gasteiger partial charge is 0.469 e. The van der Waals surface area contributed by atoms with Crippen LogP contribution in [-0.4, -0.2) is 32.6 Å². The zero-order chi connectivity index (χ0) is 13.2. The minimum atomic E-state index is -0.235. The van der Waals surface area contributed by atoms with Gasteiger partial charge >= 0.3 is 5.97 Å². The van der Waals surface area contributed by atoms with Crippen LogP contribution in [0.25, 0.3) is 0 Å². The molecule has 0 fully saturated rings. The fourth-order valence-corrected chi connectivity index (χ4v) is 1.39. The predicted octanol–water partition coefficient (Wildman–Crippen LogP) is 0.915. The first-order chi connectivity index (χ1) is 8.76. The zero-order valence-corrected chi connectivity index (χ0v) is 10.8. The van der Waals surface area contributed by atoms with Gasteiger partial charge in [0.15, 0.2) is 5.96 Å². The molecule has 98 valence electrons. The van der Waals surface area contributed by atoms with Crippen molar-refractivity contribution in [1.29, 1.82) is 0 Å². The minimum absolute atomic E-state index is 0.235. The second kappa shape index (κ2) is 8.11. The molecule has 0 saturated heterocycles. The SMILES string of the molecule is CN=C(NCCC(=O)OC)NCc1ccccc1. The fraction of sp³-hybridized carbons (Fsp3) is 0.385. The molecule has 0 radical (unpaired) electrons. The highest BCUT2D eigenvalue weighted by Crippen LogP contribution is 1.96. The molecule has 0 spiro atoms. The maximum absolute atomic E-state index is 10.9. The summed E-state index contributed by atoms with van der Waals surface area (Å²) in [4.78, 5) is 15.0. The van der Waals surface area contributed by atoms with Crippen LogP contribution in [0.4, 0.5) is 0 Å². The third-order valence-electron chi connectivity index (χ3n) is 2.38. The van der Waals surface area contributed by atoms with Crippen LogP contribution in [0.2, 0.25) is 0 Å². The minimum Gasteiger partial charge on any atom is -0.469 e. The number of nitrogens with zero attached hydrogens (tertiary/aromatic N) is 1. The molecule has 0 aliphatic carbocycles. The molecule has 0 atom stereocenters. The molecule has 2 N–H and O–H groups in total. The number of rotatable bonds is 5. The van der Waals surface area contributed by atoms with Crippen molar-refractivity contribution in [2.45, 2.75) is 13.0 Å². The molecule has 5 heteroatoms. The maximum Gasteiger partial charge on any atom is 0.307 e. The summed E-state index contributed by atoms with van der Waals surface area (Å²) in [6.07, 6.45) is 0.322. The van der Waals surface area contributed by atoms with Crippen LogP contribution in [0.15, 0.2) is 35.3 Å². The molecule has 0 bridgehead atoms. The Morgan fingerprint density at radius 2 is 2.00 bits per heavy atom. The molecule has 1 aromatic rings. The molecule has 0 aromatic heterocycles. The van der Waals surface area contributed by atoms with Crippen molar-refractivity contribution >= 4 is 11.9 Å². The molecular formula is C13H19N3O2. The maximum atomic E-state index is 10.9. The molecule has 0 heterocycles. The van der Waals surface area contributed by atoms with E-state index in [0.717, 1.165) is 0 Å². The van der Waals surface area contributed by atoms with Crippen LogP contribution in [0.1, 0.15) is 12.0 Å². The Hall–Kier alpha value is -2.04. The smallest absolute Gasteiger partial charge is 0.307 e. The van der Waals surface area contributed by atoms with Gasteiger partial charge in [-0.2, -0.15) is 0 Å². The monoisotopic (exact) mass is 249 g/mol. The summed E-state index contributed by atoms with van der Waals surface area (Å²) in [6.45, 7) is 1.19. The highest BCUT2D eigenvalue weighted by atomic mass is 16.5. The third-order valence-corrected chi connectivity index (χ3v) is 2.38. The lowest BCUT2D eigenvalue weighted by atomic mass is 10.2. The van der Waals surface area contributed by atoms with E-state index in [4.69, 9.17) is 0 Å². The fourth-order valence-electron chi connectivity index (χ4n) is 1.39. The molecular weight excluding hydrogens is 230 g/mol. The van der Waals surface area contributed by atoms with Gasteiger partial charge in [-0.15, -0.1) is 0 Å². The first-order valence-corrected chi connectivity index (χ1v) is 5.81. The van der Waals surface area contributed by atoms with Crippen LogP contribution in [-0.2, 0) is 16.1 Å². The second-order valence-corrected chi connectivity index (χ2v) is 3.66. The van der Waals surface area contributed by atoms with E-state index >= 15 is 0 Å². The highest BCUT2D eigenvalue weighted by molar-refractivity contribution is 5.80. The van der Waals surface area contributed by atoms with E-state index in [-0.39, 0.29) is 5.97 Å². The van der Waals surface area contributed by atoms with Crippen molar-refractivity contribution in [3.8, 4) is 0 Å². The average molecular weight is 249 g/mol. The van der Waals surface area contributed by atoms with Crippen molar-refractivity contribution in [2.24, 2.45) is 4.99 Å². The number of hydrogen-bond acceptors (Lipinski definition) is 3. The van der Waals surface area contributed by atoms with E-state index < -0.39 is 0 Å². The van der Waals surface area contributed by atoms with Gasteiger partial charge in [0.25, 0.3) is 0 Å². The van der Waals surface area contributed by atoms with Gasteiger partial charge in [-0.1, -0.05) is 30.3 Å². The molecule has 1 rings (SSSR count). The number of aliphatic imine (C=N–C) groups is 1. The van der Waals surface area contributed by atoms with E-state index in [1.165, 1.54) is 12.7 Å². The molecule has 0 saturated carbocycles.